The van der Waals surface area contributed by atoms with E-state index in [0.717, 1.165) is 34.6 Å². The number of ether oxygens (including phenoxy) is 3. The Labute approximate surface area is 129 Å². The van der Waals surface area contributed by atoms with Crippen LogP contribution in [0.5, 0.6) is 11.5 Å². The van der Waals surface area contributed by atoms with Crippen LogP contribution < -0.4 is 9.47 Å². The molecule has 0 N–H and O–H groups in total. The Morgan fingerprint density at radius 1 is 1.05 bits per heavy atom. The predicted octanol–water partition coefficient (Wildman–Crippen LogP) is 4.23. The van der Waals surface area contributed by atoms with Crippen molar-refractivity contribution in [3.05, 3.63) is 22.2 Å². The van der Waals surface area contributed by atoms with Gasteiger partial charge in [0.25, 0.3) is 0 Å². The first-order valence-corrected chi connectivity index (χ1v) is 8.31. The Bertz CT molecular complexity index is 458. The molecule has 3 rings (SSSR count). The SMILES string of the molecule is Brc1cc2c(cc1C(Br)C1CCCCO1)OCCO2. The van der Waals surface area contributed by atoms with Crippen molar-refractivity contribution in [3.63, 3.8) is 0 Å². The van der Waals surface area contributed by atoms with Gasteiger partial charge in [0.15, 0.2) is 11.5 Å². The molecule has 0 spiro atoms. The van der Waals surface area contributed by atoms with Gasteiger partial charge in [0.1, 0.15) is 13.2 Å². The Morgan fingerprint density at radius 3 is 2.47 bits per heavy atom. The minimum atomic E-state index is 0.179. The molecule has 1 saturated heterocycles. The van der Waals surface area contributed by atoms with Crippen LogP contribution in [-0.4, -0.2) is 25.9 Å². The molecule has 2 heterocycles. The first kappa shape index (κ1) is 13.7. The van der Waals surface area contributed by atoms with Crippen molar-refractivity contribution in [2.45, 2.75) is 30.2 Å². The van der Waals surface area contributed by atoms with Gasteiger partial charge in [-0.3, -0.25) is 0 Å². The smallest absolute Gasteiger partial charge is 0.162 e. The highest BCUT2D eigenvalue weighted by molar-refractivity contribution is 9.11. The highest BCUT2D eigenvalue weighted by Crippen LogP contribution is 2.43. The van der Waals surface area contributed by atoms with Gasteiger partial charge in [-0.1, -0.05) is 31.9 Å². The van der Waals surface area contributed by atoms with Gasteiger partial charge in [-0.2, -0.15) is 0 Å². The number of halogens is 2. The third-order valence-corrected chi connectivity index (χ3v) is 5.27. The van der Waals surface area contributed by atoms with Crippen molar-refractivity contribution in [2.24, 2.45) is 0 Å². The Kier molecular flexibility index (Phi) is 4.34. The molecule has 0 aliphatic carbocycles. The molecule has 2 aliphatic rings. The fourth-order valence-corrected chi connectivity index (χ4v) is 4.16. The summed E-state index contributed by atoms with van der Waals surface area (Å²) in [6.07, 6.45) is 3.72. The van der Waals surface area contributed by atoms with E-state index in [1.807, 2.05) is 6.07 Å². The first-order valence-electron chi connectivity index (χ1n) is 6.60. The van der Waals surface area contributed by atoms with E-state index in [4.69, 9.17) is 14.2 Å². The van der Waals surface area contributed by atoms with Gasteiger partial charge < -0.3 is 14.2 Å². The standard InChI is InChI=1S/C14H16Br2O3/c15-10-8-13-12(18-5-6-19-13)7-9(10)14(16)11-3-1-2-4-17-11/h7-8,11,14H,1-6H2. The number of fused-ring (bicyclic) bond motifs is 1. The van der Waals surface area contributed by atoms with Gasteiger partial charge in [-0.15, -0.1) is 0 Å². The van der Waals surface area contributed by atoms with Crippen molar-refractivity contribution < 1.29 is 14.2 Å². The van der Waals surface area contributed by atoms with Crippen LogP contribution in [0.4, 0.5) is 0 Å². The van der Waals surface area contributed by atoms with Crippen LogP contribution in [0.1, 0.15) is 29.7 Å². The third kappa shape index (κ3) is 2.93. The molecule has 2 unspecified atom stereocenters. The van der Waals surface area contributed by atoms with Crippen LogP contribution in [0.15, 0.2) is 16.6 Å². The summed E-state index contributed by atoms with van der Waals surface area (Å²) < 4.78 is 18.1. The zero-order chi connectivity index (χ0) is 13.2. The largest absolute Gasteiger partial charge is 0.486 e. The van der Waals surface area contributed by atoms with E-state index in [2.05, 4.69) is 37.9 Å². The summed E-state index contributed by atoms with van der Waals surface area (Å²) in [5.74, 6) is 1.64. The van der Waals surface area contributed by atoms with Gasteiger partial charge in [-0.25, -0.2) is 0 Å². The molecule has 0 aromatic heterocycles. The maximum atomic E-state index is 5.85. The van der Waals surface area contributed by atoms with Crippen LogP contribution in [-0.2, 0) is 4.74 Å². The molecule has 0 amide bonds. The summed E-state index contributed by atoms with van der Waals surface area (Å²) in [6.45, 7) is 2.08. The summed E-state index contributed by atoms with van der Waals surface area (Å²) in [4.78, 5) is 0.179. The van der Waals surface area contributed by atoms with Gasteiger partial charge >= 0.3 is 0 Å². The lowest BCUT2D eigenvalue weighted by atomic mass is 10.0. The molecule has 0 radical (unpaired) electrons. The van der Waals surface area contributed by atoms with Crippen molar-refractivity contribution in [1.29, 1.82) is 0 Å². The zero-order valence-corrected chi connectivity index (χ0v) is 13.7. The predicted molar refractivity (Wildman–Crippen MR) is 80.4 cm³/mol. The number of hydrogen-bond acceptors (Lipinski definition) is 3. The van der Waals surface area contributed by atoms with Crippen molar-refractivity contribution in [1.82, 2.24) is 0 Å². The lowest BCUT2D eigenvalue weighted by molar-refractivity contribution is 0.0159. The molecule has 19 heavy (non-hydrogen) atoms. The number of hydrogen-bond donors (Lipinski definition) is 0. The van der Waals surface area contributed by atoms with E-state index < -0.39 is 0 Å². The van der Waals surface area contributed by atoms with Crippen molar-refractivity contribution in [2.75, 3.05) is 19.8 Å². The average Bonchev–Trinajstić information content (AvgIpc) is 2.47. The second-order valence-corrected chi connectivity index (χ2v) is 6.67. The molecular weight excluding hydrogens is 376 g/mol. The highest BCUT2D eigenvalue weighted by atomic mass is 79.9. The Balaban J connectivity index is 1.86. The summed E-state index contributed by atoms with van der Waals surface area (Å²) >= 11 is 7.40. The van der Waals surface area contributed by atoms with E-state index in [9.17, 15) is 0 Å². The van der Waals surface area contributed by atoms with Gasteiger partial charge in [0, 0.05) is 11.1 Å². The molecule has 0 saturated carbocycles. The molecule has 1 aromatic rings. The molecule has 3 nitrogen and oxygen atoms in total. The van der Waals surface area contributed by atoms with E-state index in [1.165, 1.54) is 12.8 Å². The molecule has 1 aromatic carbocycles. The molecule has 1 fully saturated rings. The van der Waals surface area contributed by atoms with Gasteiger partial charge in [0.2, 0.25) is 0 Å². The molecule has 0 bridgehead atoms. The van der Waals surface area contributed by atoms with Crippen LogP contribution in [0.3, 0.4) is 0 Å². The van der Waals surface area contributed by atoms with Gasteiger partial charge in [0.05, 0.1) is 10.9 Å². The summed E-state index contributed by atoms with van der Waals surface area (Å²) in [6, 6.07) is 4.04. The lowest BCUT2D eigenvalue weighted by Crippen LogP contribution is -2.24. The van der Waals surface area contributed by atoms with E-state index in [1.54, 1.807) is 0 Å². The number of rotatable bonds is 2. The quantitative estimate of drug-likeness (QED) is 0.706. The van der Waals surface area contributed by atoms with Crippen molar-refractivity contribution in [3.8, 4) is 11.5 Å². The molecule has 5 heteroatoms. The second-order valence-electron chi connectivity index (χ2n) is 4.82. The van der Waals surface area contributed by atoms with Crippen LogP contribution in [0, 0.1) is 0 Å². The fourth-order valence-electron chi connectivity index (χ4n) is 2.49. The summed E-state index contributed by atoms with van der Waals surface area (Å²) in [5.41, 5.74) is 1.16. The number of benzene rings is 1. The van der Waals surface area contributed by atoms with Gasteiger partial charge in [-0.05, 0) is 37.0 Å². The molecule has 2 aliphatic heterocycles. The maximum absolute atomic E-state index is 5.85. The lowest BCUT2D eigenvalue weighted by Gasteiger charge is -2.28. The monoisotopic (exact) mass is 390 g/mol. The van der Waals surface area contributed by atoms with Crippen LogP contribution >= 0.6 is 31.9 Å². The van der Waals surface area contributed by atoms with E-state index in [0.29, 0.717) is 13.2 Å². The summed E-state index contributed by atoms with van der Waals surface area (Å²) in [5, 5.41) is 0. The second kappa shape index (κ2) is 6.02. The maximum Gasteiger partial charge on any atom is 0.162 e. The topological polar surface area (TPSA) is 27.7 Å². The average molecular weight is 392 g/mol. The molecule has 104 valence electrons. The first-order chi connectivity index (χ1) is 9.25. The summed E-state index contributed by atoms with van der Waals surface area (Å²) in [7, 11) is 0. The highest BCUT2D eigenvalue weighted by Gasteiger charge is 2.27. The normalized spacial score (nSPS) is 24.0. The number of alkyl halides is 1. The molecular formula is C14H16Br2O3. The Morgan fingerprint density at radius 2 is 1.79 bits per heavy atom. The fraction of sp³-hybridized carbons (Fsp3) is 0.571. The minimum Gasteiger partial charge on any atom is -0.486 e. The molecule has 2 atom stereocenters. The zero-order valence-electron chi connectivity index (χ0n) is 10.5. The van der Waals surface area contributed by atoms with Crippen LogP contribution in [0.25, 0.3) is 0 Å². The Hall–Kier alpha value is -0.260. The minimum absolute atomic E-state index is 0.179. The van der Waals surface area contributed by atoms with Crippen molar-refractivity contribution >= 4 is 31.9 Å². The van der Waals surface area contributed by atoms with E-state index in [-0.39, 0.29) is 10.9 Å². The van der Waals surface area contributed by atoms with Crippen LogP contribution in [0.2, 0.25) is 0 Å². The third-order valence-electron chi connectivity index (χ3n) is 3.50. The van der Waals surface area contributed by atoms with E-state index >= 15 is 0 Å².